The first-order valence-electron chi connectivity index (χ1n) is 7.17. The molecule has 0 atom stereocenters. The first-order valence-corrected chi connectivity index (χ1v) is 7.17. The second kappa shape index (κ2) is 6.13. The van der Waals surface area contributed by atoms with E-state index in [4.69, 9.17) is 4.74 Å². The number of hydrogen-bond acceptors (Lipinski definition) is 2. The van der Waals surface area contributed by atoms with E-state index in [1.807, 2.05) is 48.5 Å². The van der Waals surface area contributed by atoms with Crippen LogP contribution in [0.4, 0.5) is 0 Å². The summed E-state index contributed by atoms with van der Waals surface area (Å²) in [5, 5.41) is 0. The number of methoxy groups -OCH3 is 1. The van der Waals surface area contributed by atoms with Crippen LogP contribution < -0.4 is 4.74 Å². The van der Waals surface area contributed by atoms with Crippen LogP contribution in [0.1, 0.15) is 42.3 Å². The van der Waals surface area contributed by atoms with Crippen LogP contribution in [-0.2, 0) is 11.8 Å². The van der Waals surface area contributed by atoms with E-state index in [-0.39, 0.29) is 11.2 Å². The number of carbonyl (C=O) groups excluding carboxylic acids is 1. The van der Waals surface area contributed by atoms with Gasteiger partial charge in [-0.1, -0.05) is 57.2 Å². The van der Waals surface area contributed by atoms with Crippen molar-refractivity contribution < 1.29 is 9.53 Å². The lowest BCUT2D eigenvalue weighted by Crippen LogP contribution is -2.14. The third-order valence-electron chi connectivity index (χ3n) is 3.57. The van der Waals surface area contributed by atoms with Gasteiger partial charge in [-0.15, -0.1) is 0 Å². The van der Waals surface area contributed by atoms with Gasteiger partial charge in [0.25, 0.3) is 0 Å². The predicted octanol–water partition coefficient (Wildman–Crippen LogP) is 4.42. The Labute approximate surface area is 126 Å². The first kappa shape index (κ1) is 15.3. The molecule has 2 heteroatoms. The van der Waals surface area contributed by atoms with Crippen molar-refractivity contribution >= 4 is 5.78 Å². The summed E-state index contributed by atoms with van der Waals surface area (Å²) in [6.07, 6.45) is 0.394. The second-order valence-electron chi connectivity index (χ2n) is 6.25. The van der Waals surface area contributed by atoms with Crippen molar-refractivity contribution in [3.05, 3.63) is 65.2 Å². The molecule has 0 heterocycles. The third-order valence-corrected chi connectivity index (χ3v) is 3.57. The molecule has 0 amide bonds. The maximum atomic E-state index is 12.6. The lowest BCUT2D eigenvalue weighted by Gasteiger charge is -2.20. The number of rotatable bonds is 4. The van der Waals surface area contributed by atoms with Crippen molar-refractivity contribution in [1.82, 2.24) is 0 Å². The Balaban J connectivity index is 2.34. The number of ether oxygens (including phenoxy) is 1. The van der Waals surface area contributed by atoms with Gasteiger partial charge in [0.15, 0.2) is 5.78 Å². The van der Waals surface area contributed by atoms with Gasteiger partial charge in [-0.3, -0.25) is 4.79 Å². The van der Waals surface area contributed by atoms with Gasteiger partial charge in [0.1, 0.15) is 5.75 Å². The summed E-state index contributed by atoms with van der Waals surface area (Å²) in [5.74, 6) is 0.730. The summed E-state index contributed by atoms with van der Waals surface area (Å²) < 4.78 is 5.35. The number of hydrogen-bond donors (Lipinski definition) is 0. The van der Waals surface area contributed by atoms with E-state index in [1.54, 1.807) is 7.11 Å². The third kappa shape index (κ3) is 3.72. The van der Waals surface area contributed by atoms with Crippen molar-refractivity contribution in [3.8, 4) is 5.75 Å². The Morgan fingerprint density at radius 1 is 1.05 bits per heavy atom. The van der Waals surface area contributed by atoms with E-state index >= 15 is 0 Å². The van der Waals surface area contributed by atoms with E-state index in [2.05, 4.69) is 20.8 Å². The van der Waals surface area contributed by atoms with Gasteiger partial charge in [-0.25, -0.2) is 0 Å². The molecule has 0 saturated carbocycles. The van der Waals surface area contributed by atoms with Crippen LogP contribution in [0.25, 0.3) is 0 Å². The van der Waals surface area contributed by atoms with E-state index in [1.165, 1.54) is 0 Å². The lowest BCUT2D eigenvalue weighted by molar-refractivity contribution is 0.0990. The summed E-state index contributed by atoms with van der Waals surface area (Å²) in [6.45, 7) is 6.42. The average molecular weight is 282 g/mol. The van der Waals surface area contributed by atoms with Crippen LogP contribution in [0.5, 0.6) is 5.75 Å². The second-order valence-corrected chi connectivity index (χ2v) is 6.25. The highest BCUT2D eigenvalue weighted by atomic mass is 16.5. The normalized spacial score (nSPS) is 11.2. The fraction of sp³-hybridized carbons (Fsp3) is 0.316. The summed E-state index contributed by atoms with van der Waals surface area (Å²) in [6, 6.07) is 15.7. The Morgan fingerprint density at radius 2 is 1.71 bits per heavy atom. The fourth-order valence-electron chi connectivity index (χ4n) is 2.27. The lowest BCUT2D eigenvalue weighted by atomic mass is 9.85. The topological polar surface area (TPSA) is 26.3 Å². The van der Waals surface area contributed by atoms with Gasteiger partial charge in [-0.2, -0.15) is 0 Å². The van der Waals surface area contributed by atoms with Gasteiger partial charge < -0.3 is 4.74 Å². The number of carbonyl (C=O) groups is 1. The molecule has 2 nitrogen and oxygen atoms in total. The highest BCUT2D eigenvalue weighted by Crippen LogP contribution is 2.28. The zero-order valence-electron chi connectivity index (χ0n) is 13.1. The molecule has 2 rings (SSSR count). The summed E-state index contributed by atoms with van der Waals surface area (Å²) in [7, 11) is 1.60. The number of Topliss-reactive ketones (excluding diaryl/α,β-unsaturated/α-hetero) is 1. The highest BCUT2D eigenvalue weighted by Gasteiger charge is 2.19. The minimum atomic E-state index is 0.00798. The molecule has 0 bridgehead atoms. The van der Waals surface area contributed by atoms with Gasteiger partial charge in [-0.05, 0) is 28.7 Å². The monoisotopic (exact) mass is 282 g/mol. The summed E-state index contributed by atoms with van der Waals surface area (Å²) in [4.78, 5) is 12.6. The standard InChI is InChI=1S/C19H22O2/c1-19(2,3)15-10-11-18(21-4)16(13-15)17(20)12-14-8-6-5-7-9-14/h5-11,13H,12H2,1-4H3. The highest BCUT2D eigenvalue weighted by molar-refractivity contribution is 6.00. The smallest absolute Gasteiger partial charge is 0.170 e. The van der Waals surface area contributed by atoms with Crippen LogP contribution in [0, 0.1) is 0 Å². The molecule has 0 N–H and O–H groups in total. The molecular formula is C19H22O2. The predicted molar refractivity (Wildman–Crippen MR) is 86.2 cm³/mol. The van der Waals surface area contributed by atoms with Gasteiger partial charge >= 0.3 is 0 Å². The quantitative estimate of drug-likeness (QED) is 0.776. The maximum absolute atomic E-state index is 12.6. The van der Waals surface area contributed by atoms with E-state index < -0.39 is 0 Å². The van der Waals surface area contributed by atoms with Crippen molar-refractivity contribution in [2.24, 2.45) is 0 Å². The van der Waals surface area contributed by atoms with Crippen molar-refractivity contribution in [2.45, 2.75) is 32.6 Å². The summed E-state index contributed by atoms with van der Waals surface area (Å²) in [5.41, 5.74) is 2.83. The SMILES string of the molecule is COc1ccc(C(C)(C)C)cc1C(=O)Cc1ccccc1. The molecule has 0 radical (unpaired) electrons. The van der Waals surface area contributed by atoms with Crippen LogP contribution in [0.2, 0.25) is 0 Å². The molecule has 0 aliphatic heterocycles. The van der Waals surface area contributed by atoms with Crippen molar-refractivity contribution in [2.75, 3.05) is 7.11 Å². The molecule has 0 aromatic heterocycles. The summed E-state index contributed by atoms with van der Waals surface area (Å²) >= 11 is 0. The van der Waals surface area contributed by atoms with Gasteiger partial charge in [0.05, 0.1) is 12.7 Å². The van der Waals surface area contributed by atoms with Gasteiger partial charge in [0.2, 0.25) is 0 Å². The Bertz CT molecular complexity index is 622. The molecule has 21 heavy (non-hydrogen) atoms. The molecule has 0 aliphatic carbocycles. The molecule has 0 aliphatic rings. The maximum Gasteiger partial charge on any atom is 0.170 e. The van der Waals surface area contributed by atoms with Crippen LogP contribution in [0.15, 0.2) is 48.5 Å². The number of ketones is 1. The van der Waals surface area contributed by atoms with Crippen LogP contribution in [0.3, 0.4) is 0 Å². The largest absolute Gasteiger partial charge is 0.496 e. The Hall–Kier alpha value is -2.09. The molecule has 0 unspecified atom stereocenters. The van der Waals surface area contributed by atoms with E-state index in [0.29, 0.717) is 17.7 Å². The molecule has 2 aromatic rings. The molecular weight excluding hydrogens is 260 g/mol. The molecule has 0 saturated heterocycles. The van der Waals surface area contributed by atoms with E-state index in [9.17, 15) is 4.79 Å². The minimum absolute atomic E-state index is 0.00798. The molecule has 110 valence electrons. The van der Waals surface area contributed by atoms with Crippen molar-refractivity contribution in [3.63, 3.8) is 0 Å². The Morgan fingerprint density at radius 3 is 2.29 bits per heavy atom. The fourth-order valence-corrected chi connectivity index (χ4v) is 2.27. The Kier molecular flexibility index (Phi) is 4.46. The van der Waals surface area contributed by atoms with E-state index in [0.717, 1.165) is 11.1 Å². The van der Waals surface area contributed by atoms with Crippen LogP contribution >= 0.6 is 0 Å². The molecule has 2 aromatic carbocycles. The van der Waals surface area contributed by atoms with Crippen molar-refractivity contribution in [1.29, 1.82) is 0 Å². The van der Waals surface area contributed by atoms with Gasteiger partial charge in [0, 0.05) is 6.42 Å². The first-order chi connectivity index (χ1) is 9.91. The number of benzene rings is 2. The molecule has 0 spiro atoms. The zero-order chi connectivity index (χ0) is 15.5. The average Bonchev–Trinajstić information content (AvgIpc) is 2.46. The minimum Gasteiger partial charge on any atom is -0.496 e. The molecule has 0 fully saturated rings. The zero-order valence-corrected chi connectivity index (χ0v) is 13.1. The van der Waals surface area contributed by atoms with Crippen LogP contribution in [-0.4, -0.2) is 12.9 Å².